The molecule has 0 aliphatic heterocycles. The van der Waals surface area contributed by atoms with Gasteiger partial charge in [0.2, 0.25) is 0 Å². The standard InChI is InChI=1S/C20H36N4OS/c1-5-21-18(22-13-17-24-16(14-26-17)19(2,3)4)23-15-20(11-12-25)9-7-6-8-10-20/h14,25H,5-13,15H2,1-4H3,(H2,21,22,23). The average Bonchev–Trinajstić information content (AvgIpc) is 3.08. The van der Waals surface area contributed by atoms with Crippen molar-refractivity contribution in [3.05, 3.63) is 16.1 Å². The van der Waals surface area contributed by atoms with Gasteiger partial charge in [0.25, 0.3) is 0 Å². The van der Waals surface area contributed by atoms with Crippen molar-refractivity contribution in [1.29, 1.82) is 0 Å². The number of hydrogen-bond acceptors (Lipinski definition) is 4. The van der Waals surface area contributed by atoms with Crippen LogP contribution in [-0.2, 0) is 12.0 Å². The Morgan fingerprint density at radius 3 is 2.58 bits per heavy atom. The number of aliphatic hydroxyl groups excluding tert-OH is 1. The molecule has 0 bridgehead atoms. The first-order valence-corrected chi connectivity index (χ1v) is 10.8. The molecule has 1 aliphatic rings. The molecule has 0 aromatic carbocycles. The van der Waals surface area contributed by atoms with Crippen LogP contribution in [0.5, 0.6) is 0 Å². The largest absolute Gasteiger partial charge is 0.396 e. The van der Waals surface area contributed by atoms with E-state index in [-0.39, 0.29) is 17.4 Å². The van der Waals surface area contributed by atoms with Crippen LogP contribution in [0.2, 0.25) is 0 Å². The molecule has 1 heterocycles. The predicted molar refractivity (Wildman–Crippen MR) is 111 cm³/mol. The van der Waals surface area contributed by atoms with Crippen LogP contribution in [-0.4, -0.2) is 35.7 Å². The molecule has 0 spiro atoms. The van der Waals surface area contributed by atoms with Gasteiger partial charge in [-0.25, -0.2) is 9.98 Å². The Hall–Kier alpha value is -1.14. The predicted octanol–water partition coefficient (Wildman–Crippen LogP) is 3.83. The van der Waals surface area contributed by atoms with E-state index < -0.39 is 0 Å². The van der Waals surface area contributed by atoms with Crippen molar-refractivity contribution in [2.45, 2.75) is 78.2 Å². The summed E-state index contributed by atoms with van der Waals surface area (Å²) in [6, 6.07) is 0. The first-order valence-electron chi connectivity index (χ1n) is 9.96. The van der Waals surface area contributed by atoms with Gasteiger partial charge in [-0.1, -0.05) is 40.0 Å². The number of nitrogens with one attached hydrogen (secondary N) is 2. The highest BCUT2D eigenvalue weighted by Gasteiger charge is 2.31. The molecule has 148 valence electrons. The summed E-state index contributed by atoms with van der Waals surface area (Å²) < 4.78 is 0. The molecule has 1 aliphatic carbocycles. The number of nitrogens with zero attached hydrogens (tertiary/aromatic N) is 2. The lowest BCUT2D eigenvalue weighted by Gasteiger charge is -2.37. The minimum absolute atomic E-state index is 0.0822. The molecule has 1 aromatic rings. The van der Waals surface area contributed by atoms with Crippen molar-refractivity contribution < 1.29 is 5.11 Å². The Labute approximate surface area is 162 Å². The van der Waals surface area contributed by atoms with Crippen LogP contribution in [0.15, 0.2) is 10.4 Å². The van der Waals surface area contributed by atoms with E-state index in [4.69, 9.17) is 9.98 Å². The maximum atomic E-state index is 9.49. The highest BCUT2D eigenvalue weighted by Crippen LogP contribution is 2.38. The van der Waals surface area contributed by atoms with Crippen molar-refractivity contribution in [1.82, 2.24) is 15.6 Å². The molecule has 2 rings (SSSR count). The number of hydrogen-bond donors (Lipinski definition) is 3. The second kappa shape index (κ2) is 9.70. The van der Waals surface area contributed by atoms with E-state index in [1.54, 1.807) is 11.3 Å². The molecule has 0 radical (unpaired) electrons. The third-order valence-corrected chi connectivity index (χ3v) is 6.06. The Morgan fingerprint density at radius 1 is 1.27 bits per heavy atom. The summed E-state index contributed by atoms with van der Waals surface area (Å²) in [7, 11) is 0. The zero-order chi connectivity index (χ0) is 19.0. The zero-order valence-corrected chi connectivity index (χ0v) is 17.7. The molecule has 1 fully saturated rings. The lowest BCUT2D eigenvalue weighted by Crippen LogP contribution is -2.44. The fraction of sp³-hybridized carbons (Fsp3) is 0.800. The van der Waals surface area contributed by atoms with Crippen LogP contribution < -0.4 is 10.6 Å². The number of thiazole rings is 1. The monoisotopic (exact) mass is 380 g/mol. The van der Waals surface area contributed by atoms with Gasteiger partial charge in [0, 0.05) is 30.5 Å². The summed E-state index contributed by atoms with van der Waals surface area (Å²) in [5, 5.41) is 19.6. The average molecular weight is 381 g/mol. The van der Waals surface area contributed by atoms with Gasteiger partial charge in [-0.15, -0.1) is 11.3 Å². The minimum Gasteiger partial charge on any atom is -0.396 e. The SMILES string of the molecule is CCNC(=NCc1nc(C(C)(C)C)cs1)NCC1(CCO)CCCCC1. The molecule has 6 heteroatoms. The lowest BCUT2D eigenvalue weighted by atomic mass is 9.72. The molecule has 5 nitrogen and oxygen atoms in total. The van der Waals surface area contributed by atoms with E-state index in [1.807, 2.05) is 0 Å². The Kier molecular flexibility index (Phi) is 7.89. The van der Waals surface area contributed by atoms with Crippen LogP contribution in [0.3, 0.4) is 0 Å². The van der Waals surface area contributed by atoms with Crippen LogP contribution in [0.25, 0.3) is 0 Å². The second-order valence-electron chi connectivity index (χ2n) is 8.46. The molecule has 26 heavy (non-hydrogen) atoms. The van der Waals surface area contributed by atoms with E-state index in [0.717, 1.165) is 36.2 Å². The fourth-order valence-electron chi connectivity index (χ4n) is 3.54. The Bertz CT molecular complexity index is 565. The topological polar surface area (TPSA) is 69.5 Å². The molecule has 0 unspecified atom stereocenters. The molecular weight excluding hydrogens is 344 g/mol. The van der Waals surface area contributed by atoms with Crippen molar-refractivity contribution in [2.75, 3.05) is 19.7 Å². The zero-order valence-electron chi connectivity index (χ0n) is 16.9. The smallest absolute Gasteiger partial charge is 0.191 e. The van der Waals surface area contributed by atoms with Gasteiger partial charge < -0.3 is 15.7 Å². The number of guanidine groups is 1. The van der Waals surface area contributed by atoms with Gasteiger partial charge in [-0.05, 0) is 31.6 Å². The van der Waals surface area contributed by atoms with Crippen LogP contribution in [0.1, 0.15) is 76.9 Å². The molecule has 0 saturated heterocycles. The highest BCUT2D eigenvalue weighted by atomic mass is 32.1. The fourth-order valence-corrected chi connectivity index (χ4v) is 4.49. The van der Waals surface area contributed by atoms with E-state index in [9.17, 15) is 5.11 Å². The first-order chi connectivity index (χ1) is 12.4. The van der Waals surface area contributed by atoms with Crippen molar-refractivity contribution >= 4 is 17.3 Å². The van der Waals surface area contributed by atoms with Gasteiger partial charge in [0.1, 0.15) is 5.01 Å². The van der Waals surface area contributed by atoms with Gasteiger partial charge in [0.15, 0.2) is 5.96 Å². The molecule has 0 atom stereocenters. The van der Waals surface area contributed by atoms with Gasteiger partial charge in [-0.3, -0.25) is 0 Å². The maximum Gasteiger partial charge on any atom is 0.191 e. The van der Waals surface area contributed by atoms with E-state index >= 15 is 0 Å². The van der Waals surface area contributed by atoms with Crippen LogP contribution >= 0.6 is 11.3 Å². The third-order valence-electron chi connectivity index (χ3n) is 5.22. The normalized spacial score (nSPS) is 18.0. The molecule has 3 N–H and O–H groups in total. The third kappa shape index (κ3) is 6.23. The van der Waals surface area contributed by atoms with E-state index in [0.29, 0.717) is 6.54 Å². The Morgan fingerprint density at radius 2 is 2.00 bits per heavy atom. The van der Waals surface area contributed by atoms with Gasteiger partial charge in [-0.2, -0.15) is 0 Å². The number of aliphatic imine (C=N–C) groups is 1. The van der Waals surface area contributed by atoms with Gasteiger partial charge in [0.05, 0.1) is 12.2 Å². The molecule has 1 saturated carbocycles. The summed E-state index contributed by atoms with van der Waals surface area (Å²) in [6.07, 6.45) is 7.12. The Balaban J connectivity index is 1.98. The molecule has 0 amide bonds. The first kappa shape index (κ1) is 21.2. The number of aliphatic hydroxyl groups is 1. The number of rotatable bonds is 7. The summed E-state index contributed by atoms with van der Waals surface area (Å²) >= 11 is 1.68. The lowest BCUT2D eigenvalue weighted by molar-refractivity contribution is 0.131. The van der Waals surface area contributed by atoms with E-state index in [2.05, 4.69) is 43.7 Å². The van der Waals surface area contributed by atoms with E-state index in [1.165, 1.54) is 32.1 Å². The summed E-state index contributed by atoms with van der Waals surface area (Å²) in [5.74, 6) is 0.850. The summed E-state index contributed by atoms with van der Waals surface area (Å²) in [6.45, 7) is 11.2. The number of aromatic nitrogens is 1. The minimum atomic E-state index is 0.0822. The van der Waals surface area contributed by atoms with Crippen LogP contribution in [0.4, 0.5) is 0 Å². The summed E-state index contributed by atoms with van der Waals surface area (Å²) in [5.41, 5.74) is 1.43. The van der Waals surface area contributed by atoms with Gasteiger partial charge >= 0.3 is 0 Å². The maximum absolute atomic E-state index is 9.49. The second-order valence-corrected chi connectivity index (χ2v) is 9.40. The van der Waals surface area contributed by atoms with Crippen molar-refractivity contribution in [3.8, 4) is 0 Å². The van der Waals surface area contributed by atoms with Crippen LogP contribution in [0, 0.1) is 5.41 Å². The van der Waals surface area contributed by atoms with Crippen molar-refractivity contribution in [2.24, 2.45) is 10.4 Å². The summed E-state index contributed by atoms with van der Waals surface area (Å²) in [4.78, 5) is 9.46. The highest BCUT2D eigenvalue weighted by molar-refractivity contribution is 7.09. The van der Waals surface area contributed by atoms with Crippen molar-refractivity contribution in [3.63, 3.8) is 0 Å². The molecule has 1 aromatic heterocycles. The molecular formula is C20H36N4OS. The quantitative estimate of drug-likeness (QED) is 0.497.